The van der Waals surface area contributed by atoms with E-state index >= 15 is 0 Å². The van der Waals surface area contributed by atoms with Crippen LogP contribution in [-0.2, 0) is 4.74 Å². The monoisotopic (exact) mass is 168 g/mol. The molecule has 0 amide bonds. The second kappa shape index (κ2) is 4.56. The van der Waals surface area contributed by atoms with Crippen molar-refractivity contribution in [3.8, 4) is 0 Å². The third-order valence-corrected chi connectivity index (χ3v) is 1.28. The second-order valence-corrected chi connectivity index (χ2v) is 1.91. The Morgan fingerprint density at radius 2 is 2.43 bits per heavy atom. The van der Waals surface area contributed by atoms with Crippen molar-refractivity contribution in [2.45, 2.75) is 6.10 Å². The summed E-state index contributed by atoms with van der Waals surface area (Å²) in [5, 5.41) is 9.27. The van der Waals surface area contributed by atoms with Crippen LogP contribution in [0.5, 0.6) is 0 Å². The first-order valence-electron chi connectivity index (χ1n) is 2.04. The first-order valence-corrected chi connectivity index (χ1v) is 3.16. The molecule has 0 aromatic heterocycles. The van der Waals surface area contributed by atoms with Gasteiger partial charge in [0.1, 0.15) is 0 Å². The van der Waals surface area contributed by atoms with Crippen molar-refractivity contribution in [2.24, 2.45) is 0 Å². The highest BCUT2D eigenvalue weighted by Crippen LogP contribution is 1.88. The SMILES string of the molecule is COC[C@H](O)CBr. The lowest BCUT2D eigenvalue weighted by molar-refractivity contribution is 0.0801. The molecule has 2 nitrogen and oxygen atoms in total. The van der Waals surface area contributed by atoms with Crippen molar-refractivity contribution in [1.29, 1.82) is 0 Å². The standard InChI is InChI=1S/C4H9BrO2/c1-7-3-4(6)2-5/h4,6H,2-3H2,1H3/t4-/m1/s1. The fraction of sp³-hybridized carbons (Fsp3) is 1.00. The molecular formula is C4H9BrO2. The topological polar surface area (TPSA) is 29.5 Å². The normalized spacial score (nSPS) is 14.1. The highest BCUT2D eigenvalue weighted by molar-refractivity contribution is 9.09. The van der Waals surface area contributed by atoms with E-state index in [1.165, 1.54) is 0 Å². The molecule has 0 aliphatic heterocycles. The van der Waals surface area contributed by atoms with Gasteiger partial charge in [-0.25, -0.2) is 0 Å². The summed E-state index contributed by atoms with van der Waals surface area (Å²) in [7, 11) is 1.56. The largest absolute Gasteiger partial charge is 0.390 e. The van der Waals surface area contributed by atoms with Crippen molar-refractivity contribution in [1.82, 2.24) is 0 Å². The molecule has 0 bridgehead atoms. The molecule has 0 aromatic rings. The average molecular weight is 169 g/mol. The molecule has 3 heteroatoms. The third kappa shape index (κ3) is 4.25. The Labute approximate surface area is 51.6 Å². The summed E-state index contributed by atoms with van der Waals surface area (Å²) in [6.45, 7) is 0.408. The number of hydrogen-bond acceptors (Lipinski definition) is 2. The van der Waals surface area contributed by atoms with E-state index < -0.39 is 0 Å². The van der Waals surface area contributed by atoms with Gasteiger partial charge in [0.15, 0.2) is 0 Å². The summed E-state index contributed by atoms with van der Waals surface area (Å²) in [6.07, 6.45) is -0.356. The number of methoxy groups -OCH3 is 1. The molecule has 0 spiro atoms. The van der Waals surface area contributed by atoms with E-state index in [0.717, 1.165) is 0 Å². The predicted molar refractivity (Wildman–Crippen MR) is 31.7 cm³/mol. The van der Waals surface area contributed by atoms with Gasteiger partial charge in [0, 0.05) is 12.4 Å². The lowest BCUT2D eigenvalue weighted by Gasteiger charge is -2.01. The molecule has 0 saturated carbocycles. The van der Waals surface area contributed by atoms with Crippen LogP contribution in [0.4, 0.5) is 0 Å². The Morgan fingerprint density at radius 3 is 2.57 bits per heavy atom. The number of alkyl halides is 1. The van der Waals surface area contributed by atoms with Gasteiger partial charge in [-0.15, -0.1) is 0 Å². The van der Waals surface area contributed by atoms with E-state index in [1.54, 1.807) is 7.11 Å². The summed E-state index contributed by atoms with van der Waals surface area (Å²) in [5.74, 6) is 0. The van der Waals surface area contributed by atoms with Crippen LogP contribution in [0.3, 0.4) is 0 Å². The van der Waals surface area contributed by atoms with Crippen molar-refractivity contribution in [3.05, 3.63) is 0 Å². The molecule has 7 heavy (non-hydrogen) atoms. The van der Waals surface area contributed by atoms with Crippen LogP contribution in [-0.4, -0.2) is 30.3 Å². The number of aliphatic hydroxyl groups is 1. The van der Waals surface area contributed by atoms with Gasteiger partial charge in [0.05, 0.1) is 12.7 Å². The second-order valence-electron chi connectivity index (χ2n) is 1.26. The molecule has 0 aliphatic rings. The number of rotatable bonds is 3. The van der Waals surface area contributed by atoms with Crippen LogP contribution < -0.4 is 0 Å². The summed E-state index contributed by atoms with van der Waals surface area (Å²) < 4.78 is 4.61. The van der Waals surface area contributed by atoms with E-state index in [-0.39, 0.29) is 6.10 Å². The summed E-state index contributed by atoms with van der Waals surface area (Å²) in [4.78, 5) is 0. The minimum absolute atomic E-state index is 0.356. The Balaban J connectivity index is 2.83. The summed E-state index contributed by atoms with van der Waals surface area (Å²) in [6, 6.07) is 0. The van der Waals surface area contributed by atoms with Crippen LogP contribution in [0.1, 0.15) is 0 Å². The van der Waals surface area contributed by atoms with E-state index in [9.17, 15) is 0 Å². The maximum absolute atomic E-state index is 8.69. The third-order valence-electron chi connectivity index (χ3n) is 0.537. The van der Waals surface area contributed by atoms with Gasteiger partial charge >= 0.3 is 0 Å². The quantitative estimate of drug-likeness (QED) is 0.619. The Kier molecular flexibility index (Phi) is 4.82. The Morgan fingerprint density at radius 1 is 1.86 bits per heavy atom. The van der Waals surface area contributed by atoms with E-state index in [4.69, 9.17) is 5.11 Å². The fourth-order valence-electron chi connectivity index (χ4n) is 0.237. The zero-order valence-electron chi connectivity index (χ0n) is 4.22. The van der Waals surface area contributed by atoms with Gasteiger partial charge in [-0.1, -0.05) is 15.9 Å². The molecule has 1 atom stereocenters. The molecule has 44 valence electrons. The smallest absolute Gasteiger partial charge is 0.0870 e. The van der Waals surface area contributed by atoms with E-state index in [2.05, 4.69) is 20.7 Å². The van der Waals surface area contributed by atoms with Crippen molar-refractivity contribution in [3.63, 3.8) is 0 Å². The van der Waals surface area contributed by atoms with E-state index in [0.29, 0.717) is 11.9 Å². The summed E-state index contributed by atoms with van der Waals surface area (Å²) in [5.41, 5.74) is 0. The first-order chi connectivity index (χ1) is 3.31. The average Bonchev–Trinajstić information content (AvgIpc) is 1.68. The molecular weight excluding hydrogens is 160 g/mol. The maximum Gasteiger partial charge on any atom is 0.0870 e. The van der Waals surface area contributed by atoms with Crippen LogP contribution in [0.15, 0.2) is 0 Å². The van der Waals surface area contributed by atoms with Gasteiger partial charge in [-0.05, 0) is 0 Å². The fourth-order valence-corrected chi connectivity index (χ4v) is 0.424. The van der Waals surface area contributed by atoms with Crippen molar-refractivity contribution < 1.29 is 9.84 Å². The highest BCUT2D eigenvalue weighted by atomic mass is 79.9. The molecule has 1 N–H and O–H groups in total. The zero-order chi connectivity index (χ0) is 5.70. The molecule has 0 aliphatic carbocycles. The van der Waals surface area contributed by atoms with Gasteiger partial charge in [0.2, 0.25) is 0 Å². The van der Waals surface area contributed by atoms with Crippen LogP contribution >= 0.6 is 15.9 Å². The molecule has 0 aromatic carbocycles. The van der Waals surface area contributed by atoms with E-state index in [1.807, 2.05) is 0 Å². The van der Waals surface area contributed by atoms with Gasteiger partial charge < -0.3 is 9.84 Å². The van der Waals surface area contributed by atoms with Gasteiger partial charge in [0.25, 0.3) is 0 Å². The number of ether oxygens (including phenoxy) is 1. The van der Waals surface area contributed by atoms with Gasteiger partial charge in [-0.2, -0.15) is 0 Å². The zero-order valence-corrected chi connectivity index (χ0v) is 5.81. The van der Waals surface area contributed by atoms with Crippen LogP contribution in [0.25, 0.3) is 0 Å². The molecule has 0 radical (unpaired) electrons. The lowest BCUT2D eigenvalue weighted by atomic mass is 10.4. The number of aliphatic hydroxyl groups excluding tert-OH is 1. The number of hydrogen-bond donors (Lipinski definition) is 1. The predicted octanol–water partition coefficient (Wildman–Crippen LogP) is 0.389. The molecule has 0 fully saturated rings. The minimum Gasteiger partial charge on any atom is -0.390 e. The van der Waals surface area contributed by atoms with Crippen molar-refractivity contribution in [2.75, 3.05) is 19.0 Å². The molecule has 0 unspecified atom stereocenters. The lowest BCUT2D eigenvalue weighted by Crippen LogP contribution is -2.14. The highest BCUT2D eigenvalue weighted by Gasteiger charge is 1.96. The first kappa shape index (κ1) is 7.40. The molecule has 0 saturated heterocycles. The van der Waals surface area contributed by atoms with Crippen LogP contribution in [0.2, 0.25) is 0 Å². The molecule has 0 rings (SSSR count). The van der Waals surface area contributed by atoms with Gasteiger partial charge in [-0.3, -0.25) is 0 Å². The minimum atomic E-state index is -0.356. The number of halogens is 1. The molecule has 0 heterocycles. The Hall–Kier alpha value is 0.400. The summed E-state index contributed by atoms with van der Waals surface area (Å²) >= 11 is 3.09. The van der Waals surface area contributed by atoms with Crippen LogP contribution in [0, 0.1) is 0 Å². The Bertz CT molecular complexity index is 40.7. The maximum atomic E-state index is 8.69. The van der Waals surface area contributed by atoms with Crippen molar-refractivity contribution >= 4 is 15.9 Å².